The van der Waals surface area contributed by atoms with E-state index in [1.54, 1.807) is 0 Å². The molecule has 1 heteroatoms. The maximum atomic E-state index is 5.17. The van der Waals surface area contributed by atoms with Crippen LogP contribution in [0.15, 0.2) is 0 Å². The van der Waals surface area contributed by atoms with Crippen molar-refractivity contribution >= 4 is 11.8 Å². The molecule has 1 aliphatic heterocycles. The highest BCUT2D eigenvalue weighted by Crippen LogP contribution is 2.21. The van der Waals surface area contributed by atoms with E-state index < -0.39 is 0 Å². The minimum Gasteiger partial charge on any atom is -0.161 e. The van der Waals surface area contributed by atoms with Gasteiger partial charge in [0.05, 0.1) is 0 Å². The number of hydrogen-bond donors (Lipinski definition) is 0. The fourth-order valence-corrected chi connectivity index (χ4v) is 1.83. The summed E-state index contributed by atoms with van der Waals surface area (Å²) in [5.74, 6) is 5.79. The SMILES string of the molecule is C#CC1CCSC1. The Balaban J connectivity index is 2.31. The van der Waals surface area contributed by atoms with Gasteiger partial charge in [0.15, 0.2) is 0 Å². The molecule has 0 aliphatic carbocycles. The fraction of sp³-hybridized carbons (Fsp3) is 0.667. The molecule has 0 aromatic heterocycles. The first-order valence-electron chi connectivity index (χ1n) is 2.47. The van der Waals surface area contributed by atoms with Crippen LogP contribution in [0.5, 0.6) is 0 Å². The molecule has 1 aliphatic rings. The largest absolute Gasteiger partial charge is 0.161 e. The van der Waals surface area contributed by atoms with Crippen LogP contribution < -0.4 is 0 Å². The molecule has 0 radical (unpaired) electrons. The summed E-state index contributed by atoms with van der Waals surface area (Å²) >= 11 is 1.96. The van der Waals surface area contributed by atoms with Gasteiger partial charge in [-0.25, -0.2) is 0 Å². The Labute approximate surface area is 48.7 Å². The number of rotatable bonds is 0. The third kappa shape index (κ3) is 1.14. The van der Waals surface area contributed by atoms with Gasteiger partial charge in [-0.15, -0.1) is 12.3 Å². The summed E-state index contributed by atoms with van der Waals surface area (Å²) in [6.07, 6.45) is 6.41. The maximum absolute atomic E-state index is 5.17. The monoisotopic (exact) mass is 112 g/mol. The van der Waals surface area contributed by atoms with Crippen molar-refractivity contribution in [2.24, 2.45) is 5.92 Å². The average Bonchev–Trinajstić information content (AvgIpc) is 2.14. The summed E-state index contributed by atoms with van der Waals surface area (Å²) in [5.41, 5.74) is 0. The molecule has 38 valence electrons. The maximum Gasteiger partial charge on any atom is 0.0298 e. The highest BCUT2D eigenvalue weighted by molar-refractivity contribution is 7.99. The van der Waals surface area contributed by atoms with Crippen molar-refractivity contribution in [3.8, 4) is 12.3 Å². The van der Waals surface area contributed by atoms with Crippen LogP contribution in [-0.4, -0.2) is 11.5 Å². The van der Waals surface area contributed by atoms with Gasteiger partial charge in [0.1, 0.15) is 0 Å². The molecule has 1 fully saturated rings. The molecule has 1 heterocycles. The van der Waals surface area contributed by atoms with Gasteiger partial charge in [0.2, 0.25) is 0 Å². The van der Waals surface area contributed by atoms with Crippen LogP contribution in [0.25, 0.3) is 0 Å². The topological polar surface area (TPSA) is 0 Å². The molecule has 0 nitrogen and oxygen atoms in total. The van der Waals surface area contributed by atoms with E-state index in [0.29, 0.717) is 5.92 Å². The molecule has 1 atom stereocenters. The lowest BCUT2D eigenvalue weighted by molar-refractivity contribution is 0.776. The second kappa shape index (κ2) is 2.28. The van der Waals surface area contributed by atoms with Gasteiger partial charge in [-0.1, -0.05) is 0 Å². The summed E-state index contributed by atoms with van der Waals surface area (Å²) < 4.78 is 0. The van der Waals surface area contributed by atoms with E-state index in [0.717, 1.165) is 0 Å². The van der Waals surface area contributed by atoms with Crippen molar-refractivity contribution in [2.45, 2.75) is 6.42 Å². The van der Waals surface area contributed by atoms with Crippen molar-refractivity contribution in [3.63, 3.8) is 0 Å². The van der Waals surface area contributed by atoms with E-state index in [9.17, 15) is 0 Å². The van der Waals surface area contributed by atoms with Crippen molar-refractivity contribution in [1.82, 2.24) is 0 Å². The molecular weight excluding hydrogens is 104 g/mol. The summed E-state index contributed by atoms with van der Waals surface area (Å²) in [6, 6.07) is 0. The fourth-order valence-electron chi connectivity index (χ4n) is 0.666. The lowest BCUT2D eigenvalue weighted by atomic mass is 10.1. The third-order valence-electron chi connectivity index (χ3n) is 1.17. The Morgan fingerprint density at radius 1 is 1.71 bits per heavy atom. The van der Waals surface area contributed by atoms with Crippen molar-refractivity contribution in [1.29, 1.82) is 0 Å². The molecule has 0 N–H and O–H groups in total. The van der Waals surface area contributed by atoms with Crippen LogP contribution >= 0.6 is 11.8 Å². The Kier molecular flexibility index (Phi) is 1.64. The molecule has 0 saturated carbocycles. The summed E-state index contributed by atoms with van der Waals surface area (Å²) in [5, 5.41) is 0. The predicted octanol–water partition coefficient (Wildman–Crippen LogP) is 1.37. The van der Waals surface area contributed by atoms with Crippen LogP contribution in [0.3, 0.4) is 0 Å². The van der Waals surface area contributed by atoms with E-state index in [4.69, 9.17) is 6.42 Å². The smallest absolute Gasteiger partial charge is 0.0298 e. The number of thioether (sulfide) groups is 1. The predicted molar refractivity (Wildman–Crippen MR) is 34.3 cm³/mol. The molecular formula is C6H8S. The summed E-state index contributed by atoms with van der Waals surface area (Å²) in [7, 11) is 0. The van der Waals surface area contributed by atoms with E-state index in [1.807, 2.05) is 11.8 Å². The highest BCUT2D eigenvalue weighted by atomic mass is 32.2. The van der Waals surface area contributed by atoms with Gasteiger partial charge < -0.3 is 0 Å². The van der Waals surface area contributed by atoms with Gasteiger partial charge in [-0.05, 0) is 12.2 Å². The Morgan fingerprint density at radius 2 is 2.57 bits per heavy atom. The van der Waals surface area contributed by atoms with Crippen LogP contribution in [0.2, 0.25) is 0 Å². The van der Waals surface area contributed by atoms with E-state index in [2.05, 4.69) is 5.92 Å². The minimum atomic E-state index is 0.588. The first kappa shape index (κ1) is 5.05. The van der Waals surface area contributed by atoms with Gasteiger partial charge >= 0.3 is 0 Å². The van der Waals surface area contributed by atoms with Gasteiger partial charge in [-0.2, -0.15) is 11.8 Å². The first-order valence-corrected chi connectivity index (χ1v) is 3.63. The molecule has 1 rings (SSSR count). The van der Waals surface area contributed by atoms with Crippen molar-refractivity contribution in [2.75, 3.05) is 11.5 Å². The lowest BCUT2D eigenvalue weighted by Crippen LogP contribution is -1.89. The molecule has 0 bridgehead atoms. The minimum absolute atomic E-state index is 0.588. The number of terminal acetylenes is 1. The van der Waals surface area contributed by atoms with E-state index >= 15 is 0 Å². The average molecular weight is 112 g/mol. The standard InChI is InChI=1S/C6H8S/c1-2-6-3-4-7-5-6/h1,6H,3-5H2. The second-order valence-electron chi connectivity index (χ2n) is 1.73. The molecule has 0 aromatic carbocycles. The quantitative estimate of drug-likeness (QED) is 0.426. The molecule has 0 amide bonds. The van der Waals surface area contributed by atoms with Crippen LogP contribution in [-0.2, 0) is 0 Å². The number of hydrogen-bond acceptors (Lipinski definition) is 1. The van der Waals surface area contributed by atoms with Gasteiger partial charge in [-0.3, -0.25) is 0 Å². The van der Waals surface area contributed by atoms with E-state index in [-0.39, 0.29) is 0 Å². The molecule has 1 unspecified atom stereocenters. The van der Waals surface area contributed by atoms with Gasteiger partial charge in [0.25, 0.3) is 0 Å². The van der Waals surface area contributed by atoms with E-state index in [1.165, 1.54) is 17.9 Å². The first-order chi connectivity index (χ1) is 3.43. The third-order valence-corrected chi connectivity index (χ3v) is 2.33. The van der Waals surface area contributed by atoms with Crippen molar-refractivity contribution in [3.05, 3.63) is 0 Å². The highest BCUT2D eigenvalue weighted by Gasteiger charge is 2.10. The van der Waals surface area contributed by atoms with Crippen LogP contribution in [0.4, 0.5) is 0 Å². The lowest BCUT2D eigenvalue weighted by Gasteiger charge is -1.90. The molecule has 0 aromatic rings. The van der Waals surface area contributed by atoms with Crippen LogP contribution in [0, 0.1) is 18.3 Å². The molecule has 7 heavy (non-hydrogen) atoms. The zero-order valence-electron chi connectivity index (χ0n) is 4.18. The molecule has 0 spiro atoms. The Morgan fingerprint density at radius 3 is 2.86 bits per heavy atom. The Bertz CT molecular complexity index is 84.8. The van der Waals surface area contributed by atoms with Gasteiger partial charge in [0, 0.05) is 11.7 Å². The Hall–Kier alpha value is -0.0900. The zero-order chi connectivity index (χ0) is 5.11. The van der Waals surface area contributed by atoms with Crippen LogP contribution in [0.1, 0.15) is 6.42 Å². The summed E-state index contributed by atoms with van der Waals surface area (Å²) in [4.78, 5) is 0. The second-order valence-corrected chi connectivity index (χ2v) is 2.88. The molecule has 1 saturated heterocycles. The zero-order valence-corrected chi connectivity index (χ0v) is 5.00. The normalized spacial score (nSPS) is 29.9. The van der Waals surface area contributed by atoms with Crippen molar-refractivity contribution < 1.29 is 0 Å². The summed E-state index contributed by atoms with van der Waals surface area (Å²) in [6.45, 7) is 0.